The van der Waals surface area contributed by atoms with E-state index >= 15 is 0 Å². The van der Waals surface area contributed by atoms with Crippen molar-refractivity contribution in [3.05, 3.63) is 42.0 Å². The molecule has 0 aromatic heterocycles. The van der Waals surface area contributed by atoms with E-state index in [4.69, 9.17) is 0 Å². The summed E-state index contributed by atoms with van der Waals surface area (Å²) in [5, 5.41) is 18.3. The summed E-state index contributed by atoms with van der Waals surface area (Å²) in [7, 11) is 0. The van der Waals surface area contributed by atoms with Gasteiger partial charge in [-0.15, -0.1) is 0 Å². The second kappa shape index (κ2) is 5.94. The summed E-state index contributed by atoms with van der Waals surface area (Å²) in [5.74, 6) is 0.741. The maximum absolute atomic E-state index is 9.18. The molecule has 2 aromatic rings. The van der Waals surface area contributed by atoms with Gasteiger partial charge in [0, 0.05) is 23.0 Å². The molecule has 0 bridgehead atoms. The molecule has 0 aliphatic carbocycles. The summed E-state index contributed by atoms with van der Waals surface area (Å²) < 4.78 is 0. The van der Waals surface area contributed by atoms with Crippen molar-refractivity contribution in [2.75, 3.05) is 25.0 Å². The smallest absolute Gasteiger partial charge is 0.0998 e. The Hall–Kier alpha value is -2.05. The molecule has 0 spiro atoms. The Labute approximate surface area is 119 Å². The molecule has 102 valence electrons. The molecule has 2 N–H and O–H groups in total. The molecule has 2 aromatic carbocycles. The Balaban J connectivity index is 1.83. The first-order chi connectivity index (χ1) is 9.88. The molecule has 0 radical (unpaired) electrons. The van der Waals surface area contributed by atoms with Crippen molar-refractivity contribution in [3.63, 3.8) is 0 Å². The molecule has 1 saturated heterocycles. The van der Waals surface area contributed by atoms with E-state index in [-0.39, 0.29) is 0 Å². The molecule has 0 atom stereocenters. The van der Waals surface area contributed by atoms with Gasteiger partial charge < -0.3 is 10.6 Å². The van der Waals surface area contributed by atoms with E-state index < -0.39 is 0 Å². The molecule has 20 heavy (non-hydrogen) atoms. The van der Waals surface area contributed by atoms with E-state index in [0.29, 0.717) is 0 Å². The number of nitriles is 1. The third kappa shape index (κ3) is 2.61. The second-order valence-electron chi connectivity index (χ2n) is 5.39. The van der Waals surface area contributed by atoms with Gasteiger partial charge in [0.25, 0.3) is 0 Å². The zero-order valence-electron chi connectivity index (χ0n) is 11.5. The standard InChI is InChI=1S/C17H19N3/c18-11-14-5-6-17(16-4-2-1-3-15(14)16)20-12-13-7-9-19-10-8-13/h1-6,13,19-20H,7-10,12H2. The van der Waals surface area contributed by atoms with Crippen LogP contribution in [0.2, 0.25) is 0 Å². The highest BCUT2D eigenvalue weighted by atomic mass is 14.9. The lowest BCUT2D eigenvalue weighted by Gasteiger charge is -2.23. The van der Waals surface area contributed by atoms with Gasteiger partial charge in [0.2, 0.25) is 0 Å². The van der Waals surface area contributed by atoms with Crippen molar-refractivity contribution in [3.8, 4) is 6.07 Å². The zero-order valence-corrected chi connectivity index (χ0v) is 11.5. The van der Waals surface area contributed by atoms with E-state index in [2.05, 4.69) is 22.8 Å². The SMILES string of the molecule is N#Cc1ccc(NCC2CCNCC2)c2ccccc12. The number of fused-ring (bicyclic) bond motifs is 1. The summed E-state index contributed by atoms with van der Waals surface area (Å²) in [5.41, 5.74) is 1.88. The van der Waals surface area contributed by atoms with Crippen LogP contribution in [-0.4, -0.2) is 19.6 Å². The quantitative estimate of drug-likeness (QED) is 0.896. The minimum absolute atomic E-state index is 0.741. The first kappa shape index (κ1) is 13.0. The average molecular weight is 265 g/mol. The third-order valence-electron chi connectivity index (χ3n) is 4.08. The van der Waals surface area contributed by atoms with Crippen molar-refractivity contribution >= 4 is 16.5 Å². The van der Waals surface area contributed by atoms with Crippen molar-refractivity contribution in [1.82, 2.24) is 5.32 Å². The molecule has 0 unspecified atom stereocenters. The van der Waals surface area contributed by atoms with Crippen molar-refractivity contribution in [1.29, 1.82) is 5.26 Å². The molecule has 0 amide bonds. The van der Waals surface area contributed by atoms with Gasteiger partial charge >= 0.3 is 0 Å². The van der Waals surface area contributed by atoms with Gasteiger partial charge in [0.05, 0.1) is 11.6 Å². The maximum atomic E-state index is 9.18. The minimum atomic E-state index is 0.741. The van der Waals surface area contributed by atoms with Gasteiger partial charge in [-0.1, -0.05) is 24.3 Å². The van der Waals surface area contributed by atoms with Crippen LogP contribution in [0.5, 0.6) is 0 Å². The number of nitrogens with zero attached hydrogens (tertiary/aromatic N) is 1. The number of rotatable bonds is 3. The van der Waals surface area contributed by atoms with Crippen LogP contribution in [0.4, 0.5) is 5.69 Å². The molecule has 3 rings (SSSR count). The largest absolute Gasteiger partial charge is 0.384 e. The van der Waals surface area contributed by atoms with Gasteiger partial charge in [0.15, 0.2) is 0 Å². The fourth-order valence-corrected chi connectivity index (χ4v) is 2.89. The summed E-state index contributed by atoms with van der Waals surface area (Å²) >= 11 is 0. The topological polar surface area (TPSA) is 47.9 Å². The number of piperidine rings is 1. The van der Waals surface area contributed by atoms with Crippen LogP contribution in [0.15, 0.2) is 36.4 Å². The Morgan fingerprint density at radius 2 is 1.85 bits per heavy atom. The summed E-state index contributed by atoms with van der Waals surface area (Å²) in [6.45, 7) is 3.26. The van der Waals surface area contributed by atoms with E-state index in [1.165, 1.54) is 12.8 Å². The van der Waals surface area contributed by atoms with Gasteiger partial charge in [-0.05, 0) is 44.0 Å². The molecule has 3 nitrogen and oxygen atoms in total. The Bertz CT molecular complexity index is 636. The predicted octanol–water partition coefficient (Wildman–Crippen LogP) is 3.12. The molecule has 1 aliphatic rings. The fraction of sp³-hybridized carbons (Fsp3) is 0.353. The minimum Gasteiger partial charge on any atom is -0.384 e. The third-order valence-corrected chi connectivity index (χ3v) is 4.08. The maximum Gasteiger partial charge on any atom is 0.0998 e. The molecule has 1 heterocycles. The van der Waals surface area contributed by atoms with E-state index in [1.807, 2.05) is 30.3 Å². The normalized spacial score (nSPS) is 15.9. The van der Waals surface area contributed by atoms with Gasteiger partial charge in [0.1, 0.15) is 0 Å². The molecule has 1 fully saturated rings. The zero-order chi connectivity index (χ0) is 13.8. The fourth-order valence-electron chi connectivity index (χ4n) is 2.89. The Kier molecular flexibility index (Phi) is 3.85. The van der Waals surface area contributed by atoms with Crippen molar-refractivity contribution in [2.45, 2.75) is 12.8 Å². The van der Waals surface area contributed by atoms with Crippen molar-refractivity contribution < 1.29 is 0 Å². The van der Waals surface area contributed by atoms with Gasteiger partial charge in [-0.25, -0.2) is 0 Å². The van der Waals surface area contributed by atoms with Crippen LogP contribution in [-0.2, 0) is 0 Å². The Morgan fingerprint density at radius 1 is 1.10 bits per heavy atom. The van der Waals surface area contributed by atoms with Crippen LogP contribution >= 0.6 is 0 Å². The van der Waals surface area contributed by atoms with Crippen LogP contribution in [0.3, 0.4) is 0 Å². The van der Waals surface area contributed by atoms with Crippen molar-refractivity contribution in [2.24, 2.45) is 5.92 Å². The van der Waals surface area contributed by atoms with Crippen LogP contribution in [0, 0.1) is 17.2 Å². The average Bonchev–Trinajstić information content (AvgIpc) is 2.53. The van der Waals surface area contributed by atoms with Gasteiger partial charge in [-0.3, -0.25) is 0 Å². The molecule has 1 aliphatic heterocycles. The lowest BCUT2D eigenvalue weighted by Crippen LogP contribution is -2.31. The van der Waals surface area contributed by atoms with E-state index in [1.54, 1.807) is 0 Å². The predicted molar refractivity (Wildman–Crippen MR) is 82.7 cm³/mol. The highest BCUT2D eigenvalue weighted by Crippen LogP contribution is 2.27. The first-order valence-electron chi connectivity index (χ1n) is 7.25. The summed E-state index contributed by atoms with van der Waals surface area (Å²) in [6.07, 6.45) is 2.47. The van der Waals surface area contributed by atoms with Crippen LogP contribution in [0.1, 0.15) is 18.4 Å². The van der Waals surface area contributed by atoms with Gasteiger partial charge in [-0.2, -0.15) is 5.26 Å². The highest BCUT2D eigenvalue weighted by Gasteiger charge is 2.13. The molecular weight excluding hydrogens is 246 g/mol. The highest BCUT2D eigenvalue weighted by molar-refractivity contribution is 5.97. The second-order valence-corrected chi connectivity index (χ2v) is 5.39. The Morgan fingerprint density at radius 3 is 2.60 bits per heavy atom. The lowest BCUT2D eigenvalue weighted by atomic mass is 9.97. The monoisotopic (exact) mass is 265 g/mol. The lowest BCUT2D eigenvalue weighted by molar-refractivity contribution is 0.390. The van der Waals surface area contributed by atoms with Crippen LogP contribution < -0.4 is 10.6 Å². The van der Waals surface area contributed by atoms with Crippen LogP contribution in [0.25, 0.3) is 10.8 Å². The summed E-state index contributed by atoms with van der Waals surface area (Å²) in [6, 6.07) is 14.3. The number of hydrogen-bond acceptors (Lipinski definition) is 3. The summed E-state index contributed by atoms with van der Waals surface area (Å²) in [4.78, 5) is 0. The molecule has 0 saturated carbocycles. The number of benzene rings is 2. The number of anilines is 1. The van der Waals surface area contributed by atoms with E-state index in [9.17, 15) is 5.26 Å². The number of hydrogen-bond donors (Lipinski definition) is 2. The molecule has 3 heteroatoms. The molecular formula is C17H19N3. The number of nitrogens with one attached hydrogen (secondary N) is 2. The first-order valence-corrected chi connectivity index (χ1v) is 7.25. The van der Waals surface area contributed by atoms with E-state index in [0.717, 1.165) is 47.6 Å².